The van der Waals surface area contributed by atoms with Crippen LogP contribution in [0.15, 0.2) is 18.2 Å². The molecule has 9 heteroatoms. The van der Waals surface area contributed by atoms with E-state index in [2.05, 4.69) is 0 Å². The van der Waals surface area contributed by atoms with Crippen molar-refractivity contribution in [2.45, 2.75) is 0 Å². The summed E-state index contributed by atoms with van der Waals surface area (Å²) < 4.78 is 51.4. The van der Waals surface area contributed by atoms with E-state index >= 15 is 0 Å². The molecule has 1 nitrogen and oxygen atoms in total. The van der Waals surface area contributed by atoms with Crippen LogP contribution < -0.4 is 4.79 Å². The maximum atomic E-state index is 12.4. The molecule has 0 amide bonds. The van der Waals surface area contributed by atoms with Crippen LogP contribution in [0.5, 0.6) is 0 Å². The monoisotopic (exact) mass is 253 g/mol. The van der Waals surface area contributed by atoms with Crippen molar-refractivity contribution >= 4 is 30.5 Å². The first-order valence-corrected chi connectivity index (χ1v) is 3.87. The fraction of sp³-hybridized carbons (Fsp3) is 0. The van der Waals surface area contributed by atoms with Crippen molar-refractivity contribution in [3.8, 4) is 0 Å². The summed E-state index contributed by atoms with van der Waals surface area (Å²) in [6, 6.07) is 4.39. The van der Waals surface area contributed by atoms with Gasteiger partial charge in [-0.2, -0.15) is 0 Å². The Labute approximate surface area is 86.1 Å². The number of hydrogen-bond acceptors (Lipinski definition) is 0. The van der Waals surface area contributed by atoms with Crippen molar-refractivity contribution in [2.75, 3.05) is 0 Å². The Bertz CT molecular complexity index is 278. The van der Waals surface area contributed by atoms with E-state index in [-0.39, 0.29) is 15.1 Å². The van der Waals surface area contributed by atoms with Crippen molar-refractivity contribution in [3.63, 3.8) is 0 Å². The van der Waals surface area contributed by atoms with E-state index in [1.54, 1.807) is 6.07 Å². The fourth-order valence-corrected chi connectivity index (χ4v) is 0.811. The zero-order valence-corrected chi connectivity index (χ0v) is 7.91. The van der Waals surface area contributed by atoms with Crippen molar-refractivity contribution in [1.29, 1.82) is 0 Å². The van der Waals surface area contributed by atoms with E-state index in [1.807, 2.05) is 0 Å². The van der Waals surface area contributed by atoms with Crippen LogP contribution in [-0.4, -0.2) is 7.25 Å². The summed E-state index contributed by atoms with van der Waals surface area (Å²) in [4.78, 5) is 0.198. The molecule has 0 saturated heterocycles. The van der Waals surface area contributed by atoms with E-state index in [1.165, 1.54) is 12.1 Å². The average Bonchev–Trinajstić information content (AvgIpc) is 1.97. The molecule has 0 radical (unpaired) electrons. The zero-order chi connectivity index (χ0) is 11.4. The largest absolute Gasteiger partial charge is 0.673 e. The summed E-state index contributed by atoms with van der Waals surface area (Å²) in [5.41, 5.74) is 0. The Kier molecular flexibility index (Phi) is 5.14. The van der Waals surface area contributed by atoms with Crippen molar-refractivity contribution < 1.29 is 26.5 Å². The van der Waals surface area contributed by atoms with Crippen LogP contribution >= 0.6 is 23.2 Å². The van der Waals surface area contributed by atoms with Gasteiger partial charge in [0.25, 0.3) is 0 Å². The molecule has 0 fully saturated rings. The molecule has 0 saturated carbocycles. The number of halogens is 7. The molecule has 0 spiro atoms. The highest BCUT2D eigenvalue weighted by Gasteiger charge is 2.20. The molecule has 0 aliphatic carbocycles. The molecule has 0 atom stereocenters. The Morgan fingerprint density at radius 3 is 1.50 bits per heavy atom. The number of nitrogens with zero attached hydrogens (tertiary/aromatic N) is 1. The van der Waals surface area contributed by atoms with Crippen molar-refractivity contribution in [3.05, 3.63) is 28.5 Å². The second kappa shape index (κ2) is 5.36. The fourth-order valence-electron chi connectivity index (χ4n) is 0.440. The third-order valence-corrected chi connectivity index (χ3v) is 1.39. The van der Waals surface area contributed by atoms with Crippen LogP contribution in [-0.2, 0) is 0 Å². The quantitative estimate of drug-likeness (QED) is 0.379. The number of hydrogen-bond donors (Lipinski definition) is 0. The highest BCUT2D eigenvalue weighted by molar-refractivity contribution is 6.50. The van der Waals surface area contributed by atoms with Gasteiger partial charge >= 0.3 is 17.6 Å². The van der Waals surface area contributed by atoms with Crippen LogP contribution in [0.25, 0.3) is 0 Å². The van der Waals surface area contributed by atoms with Gasteiger partial charge in [-0.3, -0.25) is 0 Å². The molecule has 1 aromatic heterocycles. The lowest BCUT2D eigenvalue weighted by Gasteiger charge is -1.94. The second-order valence-electron chi connectivity index (χ2n) is 1.95. The molecule has 80 valence electrons. The third kappa shape index (κ3) is 6.91. The van der Waals surface area contributed by atoms with Gasteiger partial charge in [0.2, 0.25) is 0 Å². The smallest absolute Gasteiger partial charge is 0.418 e. The Balaban J connectivity index is 0.000000292. The van der Waals surface area contributed by atoms with E-state index in [0.29, 0.717) is 0 Å². The lowest BCUT2D eigenvalue weighted by Crippen LogP contribution is -2.24. The van der Waals surface area contributed by atoms with Gasteiger partial charge in [-0.15, -0.1) is 0 Å². The highest BCUT2D eigenvalue weighted by Crippen LogP contribution is 2.07. The normalized spacial score (nSPS) is 10.5. The van der Waals surface area contributed by atoms with Gasteiger partial charge in [-0.25, -0.2) is 0 Å². The van der Waals surface area contributed by atoms with Gasteiger partial charge < -0.3 is 17.3 Å². The van der Waals surface area contributed by atoms with Crippen LogP contribution in [0, 0.1) is 0 Å². The Morgan fingerprint density at radius 1 is 1.00 bits per heavy atom. The van der Waals surface area contributed by atoms with Crippen LogP contribution in [0.2, 0.25) is 10.3 Å². The van der Waals surface area contributed by atoms with Crippen molar-refractivity contribution in [1.82, 2.24) is 0 Å². The summed E-state index contributed by atoms with van der Waals surface area (Å²) in [5, 5.41) is -0.0509. The summed E-state index contributed by atoms with van der Waals surface area (Å²) in [7, 11) is -6.00. The molecule has 14 heavy (non-hydrogen) atoms. The molecule has 0 aliphatic rings. The number of rotatable bonds is 0. The molecular formula is C5H3BCl2F5N. The van der Waals surface area contributed by atoms with E-state index in [4.69, 9.17) is 23.2 Å². The van der Waals surface area contributed by atoms with Crippen LogP contribution in [0.3, 0.4) is 0 Å². The van der Waals surface area contributed by atoms with E-state index in [0.717, 1.165) is 0 Å². The SMILES string of the molecule is F[B-](F)(F)F.F[n+]1c(Cl)cccc1Cl. The lowest BCUT2D eigenvalue weighted by atomic mass is 10.3. The Morgan fingerprint density at radius 2 is 1.29 bits per heavy atom. The Hall–Kier alpha value is -0.555. The first kappa shape index (κ1) is 13.4. The van der Waals surface area contributed by atoms with E-state index < -0.39 is 7.25 Å². The predicted octanol–water partition coefficient (Wildman–Crippen LogP) is 3.31. The lowest BCUT2D eigenvalue weighted by molar-refractivity contribution is -0.840. The summed E-state index contributed by atoms with van der Waals surface area (Å²) in [6.07, 6.45) is 0. The van der Waals surface area contributed by atoms with Gasteiger partial charge in [-0.05, 0) is 29.3 Å². The van der Waals surface area contributed by atoms with Gasteiger partial charge in [-0.1, -0.05) is 0 Å². The molecule has 0 aliphatic heterocycles. The maximum absolute atomic E-state index is 12.4. The summed E-state index contributed by atoms with van der Waals surface area (Å²) in [6.45, 7) is 0. The molecule has 0 bridgehead atoms. The van der Waals surface area contributed by atoms with Crippen LogP contribution in [0.4, 0.5) is 21.7 Å². The highest BCUT2D eigenvalue weighted by atomic mass is 35.5. The zero-order valence-electron chi connectivity index (χ0n) is 6.40. The van der Waals surface area contributed by atoms with E-state index in [9.17, 15) is 21.7 Å². The number of aromatic nitrogens is 1. The predicted molar refractivity (Wildman–Crippen MR) is 43.3 cm³/mol. The minimum absolute atomic E-state index is 0.0255. The van der Waals surface area contributed by atoms with Gasteiger partial charge in [0, 0.05) is 12.1 Å². The third-order valence-electron chi connectivity index (χ3n) is 0.843. The minimum Gasteiger partial charge on any atom is -0.418 e. The second-order valence-corrected chi connectivity index (χ2v) is 2.72. The van der Waals surface area contributed by atoms with Gasteiger partial charge in [0.15, 0.2) is 0 Å². The minimum atomic E-state index is -6.00. The average molecular weight is 254 g/mol. The molecule has 0 unspecified atom stereocenters. The summed E-state index contributed by atoms with van der Waals surface area (Å²) in [5.74, 6) is 0. The molecular weight excluding hydrogens is 251 g/mol. The molecule has 0 aromatic carbocycles. The van der Waals surface area contributed by atoms with Gasteiger partial charge in [0.05, 0.1) is 9.27 Å². The molecule has 1 heterocycles. The molecule has 1 aromatic rings. The maximum Gasteiger partial charge on any atom is 0.673 e. The standard InChI is InChI=1S/C5H3Cl2FN.BF4/c6-4-2-1-3-5(7)9(4)8;2-1(3,4)5/h1-3H;/q+1;-1. The number of pyridine rings is 1. The first-order chi connectivity index (χ1) is 6.22. The molecule has 1 rings (SSSR count). The topological polar surface area (TPSA) is 3.88 Å². The molecule has 0 N–H and O–H groups in total. The first-order valence-electron chi connectivity index (χ1n) is 3.11. The van der Waals surface area contributed by atoms with Crippen molar-refractivity contribution in [2.24, 2.45) is 0 Å². The van der Waals surface area contributed by atoms with Crippen LogP contribution in [0.1, 0.15) is 0 Å². The van der Waals surface area contributed by atoms with Gasteiger partial charge in [0.1, 0.15) is 0 Å². The summed E-state index contributed by atoms with van der Waals surface area (Å²) >= 11 is 10.6.